The fourth-order valence-electron chi connectivity index (χ4n) is 1.79. The highest BCUT2D eigenvalue weighted by Crippen LogP contribution is 2.29. The maximum atomic E-state index is 11.5. The monoisotopic (exact) mass is 216 g/mol. The molecule has 4 heteroatoms. The zero-order chi connectivity index (χ0) is 10.6. The molecule has 2 amide bonds. The van der Waals surface area contributed by atoms with Crippen LogP contribution in [0.15, 0.2) is 0 Å². The number of hydrogen-bond acceptors (Lipinski definition) is 2. The minimum absolute atomic E-state index is 0.0404. The average Bonchev–Trinajstić information content (AvgIpc) is 2.53. The van der Waals surface area contributed by atoms with Gasteiger partial charge in [-0.1, -0.05) is 13.3 Å². The van der Waals surface area contributed by atoms with Crippen molar-refractivity contribution in [2.24, 2.45) is 0 Å². The van der Waals surface area contributed by atoms with Gasteiger partial charge >= 0.3 is 6.03 Å². The van der Waals surface area contributed by atoms with Crippen LogP contribution in [0, 0.1) is 0 Å². The topological polar surface area (TPSA) is 32.3 Å². The number of thioether (sulfide) groups is 1. The first-order valence-corrected chi connectivity index (χ1v) is 6.29. The molecule has 1 saturated carbocycles. The SMILES string of the molecule is CCSC1CCCC1NC(=O)N(C)C. The molecule has 1 aliphatic carbocycles. The summed E-state index contributed by atoms with van der Waals surface area (Å²) >= 11 is 1.97. The van der Waals surface area contributed by atoms with Gasteiger partial charge in [-0.3, -0.25) is 0 Å². The highest BCUT2D eigenvalue weighted by atomic mass is 32.2. The second kappa shape index (κ2) is 5.49. The van der Waals surface area contributed by atoms with Gasteiger partial charge in [0.2, 0.25) is 0 Å². The summed E-state index contributed by atoms with van der Waals surface area (Å²) in [6.45, 7) is 2.17. The van der Waals surface area contributed by atoms with Crippen molar-refractivity contribution in [2.45, 2.75) is 37.5 Å². The summed E-state index contributed by atoms with van der Waals surface area (Å²) in [6, 6.07) is 0.424. The lowest BCUT2D eigenvalue weighted by Crippen LogP contribution is -2.44. The van der Waals surface area contributed by atoms with Crippen LogP contribution in [0.5, 0.6) is 0 Å². The van der Waals surface area contributed by atoms with Gasteiger partial charge in [-0.2, -0.15) is 11.8 Å². The van der Waals surface area contributed by atoms with E-state index in [1.54, 1.807) is 19.0 Å². The van der Waals surface area contributed by atoms with Gasteiger partial charge in [-0.05, 0) is 18.6 Å². The van der Waals surface area contributed by atoms with E-state index in [2.05, 4.69) is 12.2 Å². The Bertz CT molecular complexity index is 197. The molecule has 2 atom stereocenters. The number of urea groups is 1. The molecular formula is C10H20N2OS. The number of rotatable bonds is 3. The third-order valence-electron chi connectivity index (χ3n) is 2.55. The lowest BCUT2D eigenvalue weighted by atomic mass is 10.2. The van der Waals surface area contributed by atoms with Gasteiger partial charge in [0.1, 0.15) is 0 Å². The van der Waals surface area contributed by atoms with Gasteiger partial charge in [0, 0.05) is 25.4 Å². The predicted molar refractivity (Wildman–Crippen MR) is 61.8 cm³/mol. The van der Waals surface area contributed by atoms with E-state index in [0.29, 0.717) is 11.3 Å². The van der Waals surface area contributed by atoms with Crippen LogP contribution >= 0.6 is 11.8 Å². The van der Waals surface area contributed by atoms with Crippen molar-refractivity contribution in [3.8, 4) is 0 Å². The smallest absolute Gasteiger partial charge is 0.317 e. The molecule has 2 unspecified atom stereocenters. The van der Waals surface area contributed by atoms with Crippen LogP contribution in [-0.2, 0) is 0 Å². The molecule has 0 aromatic rings. The maximum Gasteiger partial charge on any atom is 0.317 e. The Balaban J connectivity index is 2.39. The van der Waals surface area contributed by atoms with Gasteiger partial charge in [0.15, 0.2) is 0 Å². The summed E-state index contributed by atoms with van der Waals surface area (Å²) in [5.74, 6) is 1.14. The predicted octanol–water partition coefficient (Wildman–Crippen LogP) is 1.93. The van der Waals surface area contributed by atoms with Crippen LogP contribution in [0.1, 0.15) is 26.2 Å². The highest BCUT2D eigenvalue weighted by molar-refractivity contribution is 7.99. The van der Waals surface area contributed by atoms with E-state index in [1.807, 2.05) is 11.8 Å². The summed E-state index contributed by atoms with van der Waals surface area (Å²) in [4.78, 5) is 13.1. The number of nitrogens with zero attached hydrogens (tertiary/aromatic N) is 1. The summed E-state index contributed by atoms with van der Waals surface area (Å²) < 4.78 is 0. The van der Waals surface area contributed by atoms with Crippen molar-refractivity contribution < 1.29 is 4.79 Å². The first kappa shape index (κ1) is 11.7. The Hall–Kier alpha value is -0.380. The molecule has 1 aliphatic rings. The molecule has 1 rings (SSSR count). The molecule has 3 nitrogen and oxygen atoms in total. The normalized spacial score (nSPS) is 26.2. The van der Waals surface area contributed by atoms with Gasteiger partial charge in [-0.15, -0.1) is 0 Å². The molecule has 14 heavy (non-hydrogen) atoms. The molecule has 0 aromatic heterocycles. The quantitative estimate of drug-likeness (QED) is 0.782. The first-order chi connectivity index (χ1) is 6.65. The summed E-state index contributed by atoms with van der Waals surface area (Å²) in [6.07, 6.45) is 3.63. The molecular weight excluding hydrogens is 196 g/mol. The molecule has 82 valence electrons. The fourth-order valence-corrected chi connectivity index (χ4v) is 2.99. The summed E-state index contributed by atoms with van der Waals surface area (Å²) in [7, 11) is 3.57. The molecule has 1 N–H and O–H groups in total. The number of amides is 2. The average molecular weight is 216 g/mol. The third kappa shape index (κ3) is 3.08. The third-order valence-corrected chi connectivity index (χ3v) is 3.87. The summed E-state index contributed by atoms with van der Waals surface area (Å²) in [5, 5.41) is 3.71. The van der Waals surface area contributed by atoms with Crippen LogP contribution < -0.4 is 5.32 Å². The zero-order valence-electron chi connectivity index (χ0n) is 9.25. The lowest BCUT2D eigenvalue weighted by molar-refractivity contribution is 0.213. The van der Waals surface area contributed by atoms with Crippen molar-refractivity contribution in [1.29, 1.82) is 0 Å². The number of hydrogen-bond donors (Lipinski definition) is 1. The first-order valence-electron chi connectivity index (χ1n) is 5.24. The van der Waals surface area contributed by atoms with E-state index < -0.39 is 0 Å². The van der Waals surface area contributed by atoms with Gasteiger partial charge in [-0.25, -0.2) is 4.79 Å². The van der Waals surface area contributed by atoms with Crippen LogP contribution in [-0.4, -0.2) is 42.1 Å². The Morgan fingerprint density at radius 3 is 2.79 bits per heavy atom. The summed E-state index contributed by atoms with van der Waals surface area (Å²) in [5.41, 5.74) is 0. The van der Waals surface area contributed by atoms with E-state index in [9.17, 15) is 4.79 Å². The minimum Gasteiger partial charge on any atom is -0.334 e. The Labute approximate surface area is 90.6 Å². The Kier molecular flexibility index (Phi) is 4.58. The molecule has 0 aromatic carbocycles. The lowest BCUT2D eigenvalue weighted by Gasteiger charge is -2.22. The molecule has 0 spiro atoms. The zero-order valence-corrected chi connectivity index (χ0v) is 10.1. The van der Waals surface area contributed by atoms with Crippen LogP contribution in [0.2, 0.25) is 0 Å². The van der Waals surface area contributed by atoms with Gasteiger partial charge in [0.05, 0.1) is 0 Å². The van der Waals surface area contributed by atoms with Crippen molar-refractivity contribution in [2.75, 3.05) is 19.8 Å². The van der Waals surface area contributed by atoms with Crippen molar-refractivity contribution in [3.05, 3.63) is 0 Å². The number of carbonyl (C=O) groups is 1. The minimum atomic E-state index is 0.0404. The molecule has 0 heterocycles. The van der Waals surface area contributed by atoms with E-state index in [4.69, 9.17) is 0 Å². The van der Waals surface area contributed by atoms with E-state index in [-0.39, 0.29) is 6.03 Å². The second-order valence-corrected chi connectivity index (χ2v) is 5.39. The van der Waals surface area contributed by atoms with E-state index in [0.717, 1.165) is 12.2 Å². The van der Waals surface area contributed by atoms with Crippen LogP contribution in [0.25, 0.3) is 0 Å². The molecule has 1 fully saturated rings. The Morgan fingerprint density at radius 2 is 2.21 bits per heavy atom. The van der Waals surface area contributed by atoms with Crippen molar-refractivity contribution in [3.63, 3.8) is 0 Å². The van der Waals surface area contributed by atoms with Crippen LogP contribution in [0.3, 0.4) is 0 Å². The highest BCUT2D eigenvalue weighted by Gasteiger charge is 2.28. The Morgan fingerprint density at radius 1 is 1.50 bits per heavy atom. The number of nitrogens with one attached hydrogen (secondary N) is 1. The second-order valence-electron chi connectivity index (χ2n) is 3.88. The van der Waals surface area contributed by atoms with Gasteiger partial charge in [0.25, 0.3) is 0 Å². The number of carbonyl (C=O) groups excluding carboxylic acids is 1. The van der Waals surface area contributed by atoms with Crippen LogP contribution in [0.4, 0.5) is 4.79 Å². The standard InChI is InChI=1S/C10H20N2OS/c1-4-14-9-7-5-6-8(9)11-10(13)12(2)3/h8-9H,4-7H2,1-3H3,(H,11,13). The maximum absolute atomic E-state index is 11.5. The molecule has 0 bridgehead atoms. The fraction of sp³-hybridized carbons (Fsp3) is 0.900. The van der Waals surface area contributed by atoms with Crippen molar-refractivity contribution >= 4 is 17.8 Å². The molecule has 0 saturated heterocycles. The molecule has 0 aliphatic heterocycles. The van der Waals surface area contributed by atoms with E-state index in [1.165, 1.54) is 12.8 Å². The van der Waals surface area contributed by atoms with E-state index >= 15 is 0 Å². The molecule has 0 radical (unpaired) electrons. The van der Waals surface area contributed by atoms with Crippen molar-refractivity contribution in [1.82, 2.24) is 10.2 Å². The largest absolute Gasteiger partial charge is 0.334 e. The van der Waals surface area contributed by atoms with Gasteiger partial charge < -0.3 is 10.2 Å².